The van der Waals surface area contributed by atoms with Crippen molar-refractivity contribution in [2.75, 3.05) is 0 Å². The maximum Gasteiger partial charge on any atom is 0.0468 e. The predicted octanol–water partition coefficient (Wildman–Crippen LogP) is 7.44. The van der Waals surface area contributed by atoms with E-state index in [1.165, 1.54) is 56.3 Å². The average molecular weight is 417 g/mol. The third-order valence-corrected chi connectivity index (χ3v) is 7.31. The molecule has 158 valence electrons. The first-order valence-electron chi connectivity index (χ1n) is 11.6. The molecule has 2 aromatic carbocycles. The van der Waals surface area contributed by atoms with E-state index in [4.69, 9.17) is 0 Å². The summed E-state index contributed by atoms with van der Waals surface area (Å²) < 4.78 is 0. The SMILES string of the molecule is C=C/C=C\C1=C(C)C2C=CCCC2N1C1=CCc2c([nH]c3ccc4ccccc4c23)C=C1. The van der Waals surface area contributed by atoms with E-state index in [1.807, 2.05) is 6.08 Å². The number of nitrogens with zero attached hydrogens (tertiary/aromatic N) is 1. The summed E-state index contributed by atoms with van der Waals surface area (Å²) in [5, 5.41) is 3.99. The van der Waals surface area contributed by atoms with Crippen molar-refractivity contribution in [3.8, 4) is 0 Å². The van der Waals surface area contributed by atoms with Crippen LogP contribution < -0.4 is 0 Å². The van der Waals surface area contributed by atoms with Crippen LogP contribution in [-0.2, 0) is 6.42 Å². The zero-order valence-corrected chi connectivity index (χ0v) is 18.5. The Labute approximate surface area is 189 Å². The summed E-state index contributed by atoms with van der Waals surface area (Å²) in [4.78, 5) is 6.26. The molecule has 0 bridgehead atoms. The van der Waals surface area contributed by atoms with Gasteiger partial charge in [0.1, 0.15) is 0 Å². The molecule has 2 atom stereocenters. The Morgan fingerprint density at radius 3 is 2.94 bits per heavy atom. The highest BCUT2D eigenvalue weighted by Crippen LogP contribution is 2.43. The number of hydrogen-bond acceptors (Lipinski definition) is 1. The normalized spacial score (nSPS) is 22.5. The number of aromatic amines is 1. The fourth-order valence-electron chi connectivity index (χ4n) is 5.81. The van der Waals surface area contributed by atoms with Gasteiger partial charge in [0, 0.05) is 40.0 Å². The molecule has 0 saturated heterocycles. The zero-order valence-electron chi connectivity index (χ0n) is 18.5. The zero-order chi connectivity index (χ0) is 21.7. The Morgan fingerprint density at radius 2 is 2.03 bits per heavy atom. The molecule has 2 unspecified atom stereocenters. The molecular weight excluding hydrogens is 388 g/mol. The van der Waals surface area contributed by atoms with Crippen LogP contribution in [-0.4, -0.2) is 15.9 Å². The standard InChI is InChI=1S/C30H28N2/c1-3-4-12-28-20(2)23-10-7-8-13-29(23)32(28)22-15-17-25-26(19-16-22)31-27-18-14-21-9-5-6-11-24(21)30(25)27/h3-7,9-12,14-16,18-19,23,29,31H,1,8,13,17H2,2H3/b12-4-. The van der Waals surface area contributed by atoms with Crippen LogP contribution in [0.2, 0.25) is 0 Å². The molecule has 1 N–H and O–H groups in total. The van der Waals surface area contributed by atoms with E-state index >= 15 is 0 Å². The number of fused-ring (bicyclic) bond motifs is 6. The molecule has 3 aliphatic rings. The minimum absolute atomic E-state index is 0.494. The van der Waals surface area contributed by atoms with Crippen molar-refractivity contribution >= 4 is 27.8 Å². The molecule has 2 heteroatoms. The van der Waals surface area contributed by atoms with E-state index in [-0.39, 0.29) is 0 Å². The van der Waals surface area contributed by atoms with Gasteiger partial charge in [-0.15, -0.1) is 0 Å². The molecule has 2 nitrogen and oxygen atoms in total. The monoisotopic (exact) mass is 416 g/mol. The van der Waals surface area contributed by atoms with E-state index in [9.17, 15) is 0 Å². The molecule has 3 aromatic rings. The molecule has 0 amide bonds. The van der Waals surface area contributed by atoms with E-state index in [0.29, 0.717) is 12.0 Å². The summed E-state index contributed by atoms with van der Waals surface area (Å²) in [5.74, 6) is 0.494. The van der Waals surface area contributed by atoms with Crippen LogP contribution in [0, 0.1) is 5.92 Å². The van der Waals surface area contributed by atoms with E-state index in [0.717, 1.165) is 12.8 Å². The van der Waals surface area contributed by atoms with E-state index in [1.54, 1.807) is 0 Å². The summed E-state index contributed by atoms with van der Waals surface area (Å²) >= 11 is 0. The lowest BCUT2D eigenvalue weighted by Gasteiger charge is -2.33. The summed E-state index contributed by atoms with van der Waals surface area (Å²) in [5.41, 5.74) is 7.92. The van der Waals surface area contributed by atoms with E-state index < -0.39 is 0 Å². The second kappa shape index (κ2) is 7.56. The smallest absolute Gasteiger partial charge is 0.0468 e. The third-order valence-electron chi connectivity index (χ3n) is 7.31. The van der Waals surface area contributed by atoms with Crippen molar-refractivity contribution in [1.29, 1.82) is 0 Å². The van der Waals surface area contributed by atoms with Crippen LogP contribution in [0.5, 0.6) is 0 Å². The second-order valence-electron chi connectivity index (χ2n) is 9.02. The fraction of sp³-hybridized carbons (Fsp3) is 0.200. The van der Waals surface area contributed by atoms with Crippen molar-refractivity contribution in [2.24, 2.45) is 5.92 Å². The lowest BCUT2D eigenvalue weighted by atomic mass is 9.87. The number of benzene rings is 2. The second-order valence-corrected chi connectivity index (χ2v) is 9.02. The lowest BCUT2D eigenvalue weighted by molar-refractivity contribution is 0.301. The molecular formula is C30H28N2. The van der Waals surface area contributed by atoms with Crippen molar-refractivity contribution < 1.29 is 0 Å². The largest absolute Gasteiger partial charge is 0.355 e. The van der Waals surface area contributed by atoms with Gasteiger partial charge in [-0.3, -0.25) is 0 Å². The van der Waals surface area contributed by atoms with Crippen LogP contribution in [0.1, 0.15) is 31.0 Å². The van der Waals surface area contributed by atoms with Crippen LogP contribution in [0.25, 0.3) is 27.8 Å². The van der Waals surface area contributed by atoms with Gasteiger partial charge in [-0.25, -0.2) is 0 Å². The van der Waals surface area contributed by atoms with Gasteiger partial charge in [-0.05, 0) is 72.4 Å². The Balaban J connectivity index is 1.46. The summed E-state index contributed by atoms with van der Waals surface area (Å²) in [7, 11) is 0. The Morgan fingerprint density at radius 1 is 1.12 bits per heavy atom. The molecule has 6 rings (SSSR count). The first-order chi connectivity index (χ1) is 15.8. The van der Waals surface area contributed by atoms with Crippen LogP contribution in [0.15, 0.2) is 102 Å². The summed E-state index contributed by atoms with van der Waals surface area (Å²) in [6.45, 7) is 6.18. The minimum atomic E-state index is 0.494. The Kier molecular flexibility index (Phi) is 4.53. The van der Waals surface area contributed by atoms with Gasteiger partial charge >= 0.3 is 0 Å². The van der Waals surface area contributed by atoms with Crippen LogP contribution >= 0.6 is 0 Å². The van der Waals surface area contributed by atoms with Crippen molar-refractivity contribution in [3.63, 3.8) is 0 Å². The van der Waals surface area contributed by atoms with Crippen molar-refractivity contribution in [2.45, 2.75) is 32.2 Å². The molecule has 32 heavy (non-hydrogen) atoms. The van der Waals surface area contributed by atoms with Crippen LogP contribution in [0.3, 0.4) is 0 Å². The molecule has 1 aliphatic heterocycles. The molecule has 0 spiro atoms. The number of hydrogen-bond donors (Lipinski definition) is 1. The van der Waals surface area contributed by atoms with Crippen LogP contribution in [0.4, 0.5) is 0 Å². The van der Waals surface area contributed by atoms with Gasteiger partial charge in [0.15, 0.2) is 0 Å². The van der Waals surface area contributed by atoms with Gasteiger partial charge in [-0.2, -0.15) is 0 Å². The molecule has 2 heterocycles. The summed E-state index contributed by atoms with van der Waals surface area (Å²) in [6, 6.07) is 13.6. The van der Waals surface area contributed by atoms with E-state index in [2.05, 4.69) is 102 Å². The topological polar surface area (TPSA) is 19.0 Å². The molecule has 0 saturated carbocycles. The Bertz CT molecular complexity index is 1390. The van der Waals surface area contributed by atoms with Crippen molar-refractivity contribution in [3.05, 3.63) is 114 Å². The molecule has 1 aromatic heterocycles. The first-order valence-corrected chi connectivity index (χ1v) is 11.6. The maximum absolute atomic E-state index is 3.89. The average Bonchev–Trinajstić information content (AvgIpc) is 3.25. The van der Waals surface area contributed by atoms with Crippen molar-refractivity contribution in [1.82, 2.24) is 9.88 Å². The fourth-order valence-corrected chi connectivity index (χ4v) is 5.81. The highest BCUT2D eigenvalue weighted by Gasteiger charge is 2.38. The minimum Gasteiger partial charge on any atom is -0.355 e. The predicted molar refractivity (Wildman–Crippen MR) is 136 cm³/mol. The maximum atomic E-state index is 3.89. The number of rotatable bonds is 3. The van der Waals surface area contributed by atoms with Gasteiger partial charge in [0.2, 0.25) is 0 Å². The number of H-pyrrole nitrogens is 1. The third kappa shape index (κ3) is 2.86. The lowest BCUT2D eigenvalue weighted by Crippen LogP contribution is -2.33. The number of aromatic nitrogens is 1. The van der Waals surface area contributed by atoms with Gasteiger partial charge in [0.05, 0.1) is 0 Å². The number of nitrogens with one attached hydrogen (secondary N) is 1. The van der Waals surface area contributed by atoms with Gasteiger partial charge in [-0.1, -0.05) is 67.3 Å². The quantitative estimate of drug-likeness (QED) is 0.347. The molecule has 2 aliphatic carbocycles. The van der Waals surface area contributed by atoms with Gasteiger partial charge in [0.25, 0.3) is 0 Å². The number of allylic oxidation sites excluding steroid dienone is 6. The molecule has 0 radical (unpaired) electrons. The summed E-state index contributed by atoms with van der Waals surface area (Å²) in [6.07, 6.45) is 21.2. The Hall–Kier alpha value is -3.52. The highest BCUT2D eigenvalue weighted by molar-refractivity contribution is 6.09. The first kappa shape index (κ1) is 19.2. The van der Waals surface area contributed by atoms with Gasteiger partial charge < -0.3 is 9.88 Å². The molecule has 0 fully saturated rings. The highest BCUT2D eigenvalue weighted by atomic mass is 15.2.